The Hall–Kier alpha value is -1.95. The van der Waals surface area contributed by atoms with Crippen LogP contribution >= 0.6 is 34.8 Å². The number of hydrogen-bond acceptors (Lipinski definition) is 5. The van der Waals surface area contributed by atoms with Crippen molar-refractivity contribution in [1.29, 1.82) is 0 Å². The first-order valence-corrected chi connectivity index (χ1v) is 8.19. The molecule has 0 aliphatic rings. The topological polar surface area (TPSA) is 61.8 Å². The Morgan fingerprint density at radius 2 is 1.36 bits per heavy atom. The van der Waals surface area contributed by atoms with Gasteiger partial charge >= 0.3 is 11.9 Å². The van der Waals surface area contributed by atoms with Crippen molar-refractivity contribution in [2.75, 3.05) is 13.2 Å². The molecule has 0 aliphatic heterocycles. The maximum atomic E-state index is 11.6. The summed E-state index contributed by atoms with van der Waals surface area (Å²) in [6.07, 6.45) is 0. The van der Waals surface area contributed by atoms with E-state index in [2.05, 4.69) is 4.74 Å². The highest BCUT2D eigenvalue weighted by Gasteiger charge is 2.14. The van der Waals surface area contributed by atoms with E-state index in [1.54, 1.807) is 31.2 Å². The molecule has 0 saturated heterocycles. The molecule has 132 valence electrons. The number of benzene rings is 2. The van der Waals surface area contributed by atoms with Crippen LogP contribution in [0, 0.1) is 6.92 Å². The van der Waals surface area contributed by atoms with Gasteiger partial charge in [-0.25, -0.2) is 9.59 Å². The molecule has 0 saturated carbocycles. The second-order valence-electron chi connectivity index (χ2n) is 4.91. The first kappa shape index (κ1) is 19.4. The maximum Gasteiger partial charge on any atom is 0.351 e. The summed E-state index contributed by atoms with van der Waals surface area (Å²) in [5.41, 5.74) is 0.757. The van der Waals surface area contributed by atoms with Crippen LogP contribution in [0.3, 0.4) is 0 Å². The SMILES string of the molecule is Cc1cc(Cl)ccc1OCC(=O)OC(=O)COc1ccc(Cl)cc1Cl. The average Bonchev–Trinajstić information content (AvgIpc) is 2.53. The number of ether oxygens (including phenoxy) is 3. The van der Waals surface area contributed by atoms with Gasteiger partial charge in [0.15, 0.2) is 13.2 Å². The molecule has 25 heavy (non-hydrogen) atoms. The van der Waals surface area contributed by atoms with Crippen molar-refractivity contribution in [3.05, 3.63) is 57.0 Å². The summed E-state index contributed by atoms with van der Waals surface area (Å²) in [6, 6.07) is 9.48. The summed E-state index contributed by atoms with van der Waals surface area (Å²) in [5, 5.41) is 1.23. The molecule has 0 bridgehead atoms. The summed E-state index contributed by atoms with van der Waals surface area (Å²) >= 11 is 17.5. The van der Waals surface area contributed by atoms with Crippen LogP contribution in [0.25, 0.3) is 0 Å². The molecule has 0 unspecified atom stereocenters. The molecule has 0 amide bonds. The van der Waals surface area contributed by atoms with Crippen molar-refractivity contribution >= 4 is 46.7 Å². The van der Waals surface area contributed by atoms with Gasteiger partial charge in [-0.3, -0.25) is 0 Å². The third-order valence-electron chi connectivity index (χ3n) is 2.95. The normalized spacial score (nSPS) is 10.2. The van der Waals surface area contributed by atoms with Crippen molar-refractivity contribution < 1.29 is 23.8 Å². The summed E-state index contributed by atoms with van der Waals surface area (Å²) < 4.78 is 15.1. The Morgan fingerprint density at radius 1 is 0.840 bits per heavy atom. The predicted octanol–water partition coefficient (Wildman–Crippen LogP) is 4.48. The van der Waals surface area contributed by atoms with Crippen LogP contribution in [-0.2, 0) is 14.3 Å². The van der Waals surface area contributed by atoms with Crippen molar-refractivity contribution in [1.82, 2.24) is 0 Å². The van der Waals surface area contributed by atoms with Crippen LogP contribution in [0.1, 0.15) is 5.56 Å². The van der Waals surface area contributed by atoms with Crippen LogP contribution < -0.4 is 9.47 Å². The minimum absolute atomic E-state index is 0.244. The molecule has 8 heteroatoms. The molecule has 0 aliphatic carbocycles. The predicted molar refractivity (Wildman–Crippen MR) is 94.7 cm³/mol. The molecule has 0 aromatic heterocycles. The van der Waals surface area contributed by atoms with Gasteiger partial charge in [0.2, 0.25) is 0 Å². The molecule has 0 fully saturated rings. The average molecular weight is 404 g/mol. The van der Waals surface area contributed by atoms with E-state index in [-0.39, 0.29) is 10.8 Å². The zero-order valence-corrected chi connectivity index (χ0v) is 15.3. The van der Waals surface area contributed by atoms with E-state index in [1.165, 1.54) is 12.1 Å². The molecule has 0 heterocycles. The van der Waals surface area contributed by atoms with Crippen LogP contribution in [0.5, 0.6) is 11.5 Å². The zero-order valence-electron chi connectivity index (χ0n) is 13.1. The third kappa shape index (κ3) is 6.12. The fraction of sp³-hybridized carbons (Fsp3) is 0.176. The molecule has 2 rings (SSSR count). The fourth-order valence-electron chi connectivity index (χ4n) is 1.83. The lowest BCUT2D eigenvalue weighted by molar-refractivity contribution is -0.162. The Labute approximate surface area is 159 Å². The molecule has 0 N–H and O–H groups in total. The molecular formula is C17H13Cl3O5. The van der Waals surface area contributed by atoms with Crippen molar-refractivity contribution in [3.63, 3.8) is 0 Å². The lowest BCUT2D eigenvalue weighted by Gasteiger charge is -2.09. The standard InChI is InChI=1S/C17H13Cl3O5/c1-10-6-11(18)2-4-14(10)23-8-16(21)25-17(22)9-24-15-5-3-12(19)7-13(15)20/h2-7H,8-9H2,1H3. The largest absolute Gasteiger partial charge is 0.482 e. The van der Waals surface area contributed by atoms with Gasteiger partial charge in [-0.05, 0) is 48.9 Å². The van der Waals surface area contributed by atoms with E-state index >= 15 is 0 Å². The smallest absolute Gasteiger partial charge is 0.351 e. The first-order chi connectivity index (χ1) is 11.8. The van der Waals surface area contributed by atoms with Crippen molar-refractivity contribution in [2.24, 2.45) is 0 Å². The Balaban J connectivity index is 1.79. The molecule has 0 atom stereocenters. The van der Waals surface area contributed by atoms with Crippen LogP contribution in [0.2, 0.25) is 15.1 Å². The lowest BCUT2D eigenvalue weighted by atomic mass is 10.2. The van der Waals surface area contributed by atoms with E-state index in [9.17, 15) is 9.59 Å². The molecular weight excluding hydrogens is 391 g/mol. The number of hydrogen-bond donors (Lipinski definition) is 0. The second-order valence-corrected chi connectivity index (χ2v) is 6.19. The molecule has 0 radical (unpaired) electrons. The number of halogens is 3. The number of aryl methyl sites for hydroxylation is 1. The van der Waals surface area contributed by atoms with Crippen LogP contribution in [-0.4, -0.2) is 25.2 Å². The van der Waals surface area contributed by atoms with Gasteiger partial charge in [0.05, 0.1) is 5.02 Å². The summed E-state index contributed by atoms with van der Waals surface area (Å²) in [5.74, 6) is -0.987. The van der Waals surface area contributed by atoms with Gasteiger partial charge in [0, 0.05) is 10.0 Å². The fourth-order valence-corrected chi connectivity index (χ4v) is 2.52. The summed E-state index contributed by atoms with van der Waals surface area (Å²) in [7, 11) is 0. The summed E-state index contributed by atoms with van der Waals surface area (Å²) in [6.45, 7) is 0.879. The number of rotatable bonds is 6. The quantitative estimate of drug-likeness (QED) is 0.525. The van der Waals surface area contributed by atoms with Gasteiger partial charge in [-0.15, -0.1) is 0 Å². The lowest BCUT2D eigenvalue weighted by Crippen LogP contribution is -2.23. The number of carbonyl (C=O) groups excluding carboxylic acids is 2. The van der Waals surface area contributed by atoms with E-state index in [4.69, 9.17) is 44.3 Å². The van der Waals surface area contributed by atoms with Gasteiger partial charge < -0.3 is 14.2 Å². The molecule has 2 aromatic rings. The van der Waals surface area contributed by atoms with Gasteiger partial charge in [-0.1, -0.05) is 34.8 Å². The molecule has 2 aromatic carbocycles. The van der Waals surface area contributed by atoms with E-state index in [0.29, 0.717) is 15.8 Å². The third-order valence-corrected chi connectivity index (χ3v) is 3.72. The minimum atomic E-state index is -0.868. The highest BCUT2D eigenvalue weighted by atomic mass is 35.5. The highest BCUT2D eigenvalue weighted by Crippen LogP contribution is 2.27. The number of carbonyl (C=O) groups is 2. The van der Waals surface area contributed by atoms with Crippen molar-refractivity contribution in [2.45, 2.75) is 6.92 Å². The Morgan fingerprint density at radius 3 is 1.92 bits per heavy atom. The van der Waals surface area contributed by atoms with Gasteiger partial charge in [-0.2, -0.15) is 0 Å². The monoisotopic (exact) mass is 402 g/mol. The molecule has 0 spiro atoms. The maximum absolute atomic E-state index is 11.6. The van der Waals surface area contributed by atoms with E-state index in [0.717, 1.165) is 5.56 Å². The van der Waals surface area contributed by atoms with Gasteiger partial charge in [0.1, 0.15) is 11.5 Å². The Kier molecular flexibility index (Phi) is 6.93. The zero-order chi connectivity index (χ0) is 18.4. The molecule has 5 nitrogen and oxygen atoms in total. The van der Waals surface area contributed by atoms with E-state index < -0.39 is 25.2 Å². The van der Waals surface area contributed by atoms with Crippen LogP contribution in [0.4, 0.5) is 0 Å². The second kappa shape index (κ2) is 8.94. The van der Waals surface area contributed by atoms with E-state index in [1.807, 2.05) is 0 Å². The summed E-state index contributed by atoms with van der Waals surface area (Å²) in [4.78, 5) is 23.3. The minimum Gasteiger partial charge on any atom is -0.482 e. The highest BCUT2D eigenvalue weighted by molar-refractivity contribution is 6.35. The number of esters is 2. The Bertz CT molecular complexity index is 726. The van der Waals surface area contributed by atoms with Crippen molar-refractivity contribution in [3.8, 4) is 11.5 Å². The van der Waals surface area contributed by atoms with Crippen LogP contribution in [0.15, 0.2) is 36.4 Å². The van der Waals surface area contributed by atoms with Gasteiger partial charge in [0.25, 0.3) is 0 Å². The first-order valence-electron chi connectivity index (χ1n) is 7.05.